The lowest BCUT2D eigenvalue weighted by molar-refractivity contribution is 0.0787. The highest BCUT2D eigenvalue weighted by Crippen LogP contribution is 2.24. The topological polar surface area (TPSA) is 86.8 Å². The summed E-state index contributed by atoms with van der Waals surface area (Å²) < 4.78 is 0. The minimum atomic E-state index is -0.290. The van der Waals surface area contributed by atoms with E-state index >= 15 is 0 Å². The Kier molecular flexibility index (Phi) is 2.70. The monoisotopic (exact) mass is 222 g/mol. The lowest BCUT2D eigenvalue weighted by Gasteiger charge is -2.16. The van der Waals surface area contributed by atoms with Crippen molar-refractivity contribution in [2.75, 3.05) is 13.1 Å². The molecule has 1 aromatic rings. The number of amides is 1. The molecule has 2 rings (SSSR count). The summed E-state index contributed by atoms with van der Waals surface area (Å²) in [6.07, 6.45) is 0.769. The number of nitrogens with zero attached hydrogens (tertiary/aromatic N) is 1. The fourth-order valence-electron chi connectivity index (χ4n) is 1.84. The zero-order chi connectivity index (χ0) is 11.7. The third-order valence-electron chi connectivity index (χ3n) is 2.72. The zero-order valence-corrected chi connectivity index (χ0v) is 8.76. The Bertz CT molecular complexity index is 420. The van der Waals surface area contributed by atoms with Crippen LogP contribution in [-0.2, 0) is 0 Å². The highest BCUT2D eigenvalue weighted by atomic mass is 16.3. The molecule has 5 heteroatoms. The molecule has 0 aromatic heterocycles. The number of likely N-dealkylation sites (tertiary alicyclic amines) is 1. The van der Waals surface area contributed by atoms with Crippen LogP contribution in [0.5, 0.6) is 11.5 Å². The van der Waals surface area contributed by atoms with E-state index < -0.39 is 0 Å². The maximum Gasteiger partial charge on any atom is 0.257 e. The molecule has 1 aliphatic rings. The van der Waals surface area contributed by atoms with E-state index in [1.807, 2.05) is 0 Å². The number of rotatable bonds is 1. The minimum Gasteiger partial charge on any atom is -0.508 e. The highest BCUT2D eigenvalue weighted by molar-refractivity contribution is 5.97. The van der Waals surface area contributed by atoms with Crippen molar-refractivity contribution in [3.05, 3.63) is 23.8 Å². The fourth-order valence-corrected chi connectivity index (χ4v) is 1.84. The van der Waals surface area contributed by atoms with Crippen LogP contribution in [0.3, 0.4) is 0 Å². The summed E-state index contributed by atoms with van der Waals surface area (Å²) in [6, 6.07) is 3.91. The highest BCUT2D eigenvalue weighted by Gasteiger charge is 2.26. The van der Waals surface area contributed by atoms with Crippen molar-refractivity contribution in [1.29, 1.82) is 0 Å². The number of nitrogens with two attached hydrogens (primary N) is 1. The van der Waals surface area contributed by atoms with E-state index in [-0.39, 0.29) is 29.0 Å². The maximum atomic E-state index is 12.0. The molecule has 0 saturated carbocycles. The van der Waals surface area contributed by atoms with Crippen molar-refractivity contribution in [3.8, 4) is 11.5 Å². The number of phenolic OH excluding ortho intramolecular Hbond substituents is 2. The number of phenols is 2. The molecule has 0 spiro atoms. The van der Waals surface area contributed by atoms with E-state index in [2.05, 4.69) is 0 Å². The predicted octanol–water partition coefficient (Wildman–Crippen LogP) is 0.271. The normalized spacial score (nSPS) is 20.1. The zero-order valence-electron chi connectivity index (χ0n) is 8.76. The van der Waals surface area contributed by atoms with Crippen LogP contribution in [0.4, 0.5) is 0 Å². The van der Waals surface area contributed by atoms with Gasteiger partial charge in [0.25, 0.3) is 5.91 Å². The number of carbonyl (C=O) groups is 1. The predicted molar refractivity (Wildman–Crippen MR) is 58.3 cm³/mol. The van der Waals surface area contributed by atoms with E-state index in [1.165, 1.54) is 18.2 Å². The number of carbonyl (C=O) groups excluding carboxylic acids is 1. The van der Waals surface area contributed by atoms with Gasteiger partial charge in [0.2, 0.25) is 0 Å². The molecule has 0 bridgehead atoms. The van der Waals surface area contributed by atoms with Gasteiger partial charge in [0, 0.05) is 19.1 Å². The van der Waals surface area contributed by atoms with Gasteiger partial charge in [-0.3, -0.25) is 4.79 Å². The van der Waals surface area contributed by atoms with E-state index in [0.29, 0.717) is 13.1 Å². The standard InChI is InChI=1S/C11H14N2O3/c12-7-3-4-13(6-7)11(16)9-5-8(14)1-2-10(9)15/h1-2,5,7,14-15H,3-4,6,12H2/t7-/m1/s1. The third kappa shape index (κ3) is 1.94. The van der Waals surface area contributed by atoms with Crippen molar-refractivity contribution in [2.45, 2.75) is 12.5 Å². The summed E-state index contributed by atoms with van der Waals surface area (Å²) in [6.45, 7) is 1.09. The second-order valence-corrected chi connectivity index (χ2v) is 4.00. The first-order chi connectivity index (χ1) is 7.58. The molecule has 4 N–H and O–H groups in total. The Morgan fingerprint density at radius 3 is 2.81 bits per heavy atom. The fraction of sp³-hybridized carbons (Fsp3) is 0.364. The molecule has 1 heterocycles. The molecule has 1 aliphatic heterocycles. The second kappa shape index (κ2) is 4.02. The summed E-state index contributed by atoms with van der Waals surface area (Å²) >= 11 is 0. The van der Waals surface area contributed by atoms with Crippen LogP contribution in [0.1, 0.15) is 16.8 Å². The Hall–Kier alpha value is -1.75. The molecule has 16 heavy (non-hydrogen) atoms. The molecule has 1 fully saturated rings. The molecule has 0 radical (unpaired) electrons. The number of aromatic hydroxyl groups is 2. The Morgan fingerprint density at radius 1 is 1.44 bits per heavy atom. The molecule has 86 valence electrons. The minimum absolute atomic E-state index is 0.00315. The summed E-state index contributed by atoms with van der Waals surface area (Å²) in [5.74, 6) is -0.450. The van der Waals surface area contributed by atoms with Crippen LogP contribution in [0.25, 0.3) is 0 Å². The van der Waals surface area contributed by atoms with E-state index in [4.69, 9.17) is 5.73 Å². The second-order valence-electron chi connectivity index (χ2n) is 4.00. The first-order valence-electron chi connectivity index (χ1n) is 5.15. The van der Waals surface area contributed by atoms with Crippen molar-refractivity contribution in [3.63, 3.8) is 0 Å². The first kappa shape index (κ1) is 10.8. The largest absolute Gasteiger partial charge is 0.508 e. The Labute approximate surface area is 93.1 Å². The van der Waals surface area contributed by atoms with Crippen LogP contribution in [-0.4, -0.2) is 40.2 Å². The van der Waals surface area contributed by atoms with Gasteiger partial charge in [-0.25, -0.2) is 0 Å². The lowest BCUT2D eigenvalue weighted by Crippen LogP contribution is -2.31. The van der Waals surface area contributed by atoms with E-state index in [0.717, 1.165) is 6.42 Å². The van der Waals surface area contributed by atoms with Gasteiger partial charge >= 0.3 is 0 Å². The van der Waals surface area contributed by atoms with Crippen LogP contribution < -0.4 is 5.73 Å². The quantitative estimate of drug-likeness (QED) is 0.595. The Morgan fingerprint density at radius 2 is 2.19 bits per heavy atom. The summed E-state index contributed by atoms with van der Waals surface area (Å²) in [4.78, 5) is 13.5. The summed E-state index contributed by atoms with van der Waals surface area (Å²) in [5, 5.41) is 18.8. The van der Waals surface area contributed by atoms with Crippen molar-refractivity contribution < 1.29 is 15.0 Å². The van der Waals surface area contributed by atoms with Gasteiger partial charge in [-0.1, -0.05) is 0 Å². The number of hydrogen-bond donors (Lipinski definition) is 3. The van der Waals surface area contributed by atoms with Gasteiger partial charge in [0.05, 0.1) is 5.56 Å². The summed E-state index contributed by atoms with van der Waals surface area (Å²) in [5.41, 5.74) is 5.82. The van der Waals surface area contributed by atoms with Crippen LogP contribution >= 0.6 is 0 Å². The molecule has 1 atom stereocenters. The molecular weight excluding hydrogens is 208 g/mol. The van der Waals surface area contributed by atoms with Crippen molar-refractivity contribution >= 4 is 5.91 Å². The smallest absolute Gasteiger partial charge is 0.257 e. The van der Waals surface area contributed by atoms with Gasteiger partial charge < -0.3 is 20.8 Å². The van der Waals surface area contributed by atoms with E-state index in [1.54, 1.807) is 4.90 Å². The molecule has 0 unspecified atom stereocenters. The SMILES string of the molecule is N[C@@H]1CCN(C(=O)c2cc(O)ccc2O)C1. The van der Waals surface area contributed by atoms with Crippen molar-refractivity contribution in [2.24, 2.45) is 5.73 Å². The molecule has 1 aromatic carbocycles. The molecule has 1 saturated heterocycles. The number of hydrogen-bond acceptors (Lipinski definition) is 4. The number of benzene rings is 1. The molecule has 5 nitrogen and oxygen atoms in total. The van der Waals surface area contributed by atoms with E-state index in [9.17, 15) is 15.0 Å². The molecule has 1 amide bonds. The van der Waals surface area contributed by atoms with Crippen LogP contribution in [0.2, 0.25) is 0 Å². The van der Waals surface area contributed by atoms with Gasteiger partial charge in [0.15, 0.2) is 0 Å². The lowest BCUT2D eigenvalue weighted by atomic mass is 10.1. The first-order valence-corrected chi connectivity index (χ1v) is 5.15. The van der Waals surface area contributed by atoms with Crippen LogP contribution in [0.15, 0.2) is 18.2 Å². The van der Waals surface area contributed by atoms with Crippen LogP contribution in [0, 0.1) is 0 Å². The Balaban J connectivity index is 2.23. The molecule has 0 aliphatic carbocycles. The average Bonchev–Trinajstić information content (AvgIpc) is 2.67. The van der Waals surface area contributed by atoms with Gasteiger partial charge in [-0.15, -0.1) is 0 Å². The van der Waals surface area contributed by atoms with Crippen molar-refractivity contribution in [1.82, 2.24) is 4.90 Å². The van der Waals surface area contributed by atoms with Gasteiger partial charge in [-0.2, -0.15) is 0 Å². The molecular formula is C11H14N2O3. The third-order valence-corrected chi connectivity index (χ3v) is 2.72. The summed E-state index contributed by atoms with van der Waals surface area (Å²) in [7, 11) is 0. The van der Waals surface area contributed by atoms with Gasteiger partial charge in [-0.05, 0) is 24.6 Å². The average molecular weight is 222 g/mol. The van der Waals surface area contributed by atoms with Gasteiger partial charge in [0.1, 0.15) is 11.5 Å². The maximum absolute atomic E-state index is 12.0.